The number of rotatable bonds is 4. The quantitative estimate of drug-likeness (QED) is 0.800. The first-order valence-corrected chi connectivity index (χ1v) is 4.86. The van der Waals surface area contributed by atoms with Gasteiger partial charge in [0.25, 0.3) is 0 Å². The Hall–Kier alpha value is -1.25. The van der Waals surface area contributed by atoms with Gasteiger partial charge in [-0.2, -0.15) is 0 Å². The Balaban J connectivity index is 2.85. The monoisotopic (exact) mass is 194 g/mol. The first-order chi connectivity index (χ1) is 6.59. The second-order valence-electron chi connectivity index (χ2n) is 3.92. The topological polar surface area (TPSA) is 34.2 Å². The molecular formula is C11H18N2O. The van der Waals surface area contributed by atoms with Crippen LogP contribution < -0.4 is 10.1 Å². The van der Waals surface area contributed by atoms with Crippen molar-refractivity contribution in [2.24, 2.45) is 0 Å². The van der Waals surface area contributed by atoms with Gasteiger partial charge in [0.2, 0.25) is 0 Å². The fourth-order valence-electron chi connectivity index (χ4n) is 1.06. The number of anilines is 1. The van der Waals surface area contributed by atoms with Gasteiger partial charge in [-0.15, -0.1) is 0 Å². The number of methoxy groups -OCH3 is 1. The third-order valence-electron chi connectivity index (χ3n) is 2.33. The molecule has 0 aromatic carbocycles. The lowest BCUT2D eigenvalue weighted by molar-refractivity contribution is 0.412. The van der Waals surface area contributed by atoms with Gasteiger partial charge in [-0.1, -0.05) is 6.92 Å². The smallest absolute Gasteiger partial charge is 0.169 e. The molecule has 0 saturated carbocycles. The maximum absolute atomic E-state index is 5.21. The van der Waals surface area contributed by atoms with Crippen LogP contribution in [0.1, 0.15) is 27.2 Å². The van der Waals surface area contributed by atoms with Crippen LogP contribution in [0.2, 0.25) is 0 Å². The van der Waals surface area contributed by atoms with Crippen LogP contribution in [-0.4, -0.2) is 17.6 Å². The third kappa shape index (κ3) is 2.62. The number of ether oxygens (including phenoxy) is 1. The van der Waals surface area contributed by atoms with Crippen LogP contribution in [0.3, 0.4) is 0 Å². The Morgan fingerprint density at radius 2 is 2.21 bits per heavy atom. The summed E-state index contributed by atoms with van der Waals surface area (Å²) in [6, 6.07) is 3.77. The molecule has 0 bridgehead atoms. The molecule has 0 aliphatic rings. The van der Waals surface area contributed by atoms with Crippen LogP contribution in [0.4, 0.5) is 5.82 Å². The fourth-order valence-corrected chi connectivity index (χ4v) is 1.06. The van der Waals surface area contributed by atoms with Crippen LogP contribution in [0.5, 0.6) is 5.75 Å². The van der Waals surface area contributed by atoms with Crippen molar-refractivity contribution < 1.29 is 4.74 Å². The molecule has 1 aromatic rings. The van der Waals surface area contributed by atoms with Crippen LogP contribution in [0, 0.1) is 0 Å². The van der Waals surface area contributed by atoms with Gasteiger partial charge in [0.05, 0.1) is 7.11 Å². The molecule has 1 N–H and O–H groups in total. The maximum atomic E-state index is 5.21. The molecule has 3 heteroatoms. The standard InChI is InChI=1S/C11H18N2O/c1-5-11(2,3)13-10-9(14-4)7-6-8-12-10/h6-8H,5H2,1-4H3,(H,12,13). The zero-order valence-corrected chi connectivity index (χ0v) is 9.29. The number of hydrogen-bond donors (Lipinski definition) is 1. The van der Waals surface area contributed by atoms with Gasteiger partial charge < -0.3 is 10.1 Å². The highest BCUT2D eigenvalue weighted by atomic mass is 16.5. The highest BCUT2D eigenvalue weighted by molar-refractivity contribution is 5.50. The van der Waals surface area contributed by atoms with Gasteiger partial charge in [0.15, 0.2) is 11.6 Å². The van der Waals surface area contributed by atoms with Gasteiger partial charge in [-0.3, -0.25) is 0 Å². The first-order valence-electron chi connectivity index (χ1n) is 4.86. The van der Waals surface area contributed by atoms with Crippen molar-refractivity contribution in [3.05, 3.63) is 18.3 Å². The molecule has 1 rings (SSSR count). The molecule has 3 nitrogen and oxygen atoms in total. The molecule has 0 radical (unpaired) electrons. The third-order valence-corrected chi connectivity index (χ3v) is 2.33. The van der Waals surface area contributed by atoms with E-state index >= 15 is 0 Å². The highest BCUT2D eigenvalue weighted by Crippen LogP contribution is 2.24. The lowest BCUT2D eigenvalue weighted by atomic mass is 10.0. The van der Waals surface area contributed by atoms with Crippen molar-refractivity contribution >= 4 is 5.82 Å². The van der Waals surface area contributed by atoms with Gasteiger partial charge >= 0.3 is 0 Å². The maximum Gasteiger partial charge on any atom is 0.169 e. The number of nitrogens with zero attached hydrogens (tertiary/aromatic N) is 1. The summed E-state index contributed by atoms with van der Waals surface area (Å²) in [6.07, 6.45) is 2.79. The van der Waals surface area contributed by atoms with E-state index in [4.69, 9.17) is 4.74 Å². The molecule has 1 heterocycles. The van der Waals surface area contributed by atoms with Crippen LogP contribution >= 0.6 is 0 Å². The summed E-state index contributed by atoms with van der Waals surface area (Å²) in [7, 11) is 1.65. The zero-order valence-electron chi connectivity index (χ0n) is 9.29. The van der Waals surface area contributed by atoms with E-state index in [1.54, 1.807) is 13.3 Å². The molecule has 0 saturated heterocycles. The van der Waals surface area contributed by atoms with Crippen molar-refractivity contribution in [3.8, 4) is 5.75 Å². The Morgan fingerprint density at radius 3 is 2.79 bits per heavy atom. The van der Waals surface area contributed by atoms with E-state index in [9.17, 15) is 0 Å². The van der Waals surface area contributed by atoms with E-state index in [0.29, 0.717) is 0 Å². The Morgan fingerprint density at radius 1 is 1.50 bits per heavy atom. The molecule has 0 fully saturated rings. The predicted molar refractivity (Wildman–Crippen MR) is 58.8 cm³/mol. The number of pyridine rings is 1. The molecular weight excluding hydrogens is 176 g/mol. The summed E-state index contributed by atoms with van der Waals surface area (Å²) < 4.78 is 5.21. The van der Waals surface area contributed by atoms with Crippen molar-refractivity contribution in [2.45, 2.75) is 32.7 Å². The molecule has 0 unspecified atom stereocenters. The second kappa shape index (κ2) is 4.31. The minimum absolute atomic E-state index is 0.0433. The van der Waals surface area contributed by atoms with Crippen molar-refractivity contribution in [3.63, 3.8) is 0 Å². The largest absolute Gasteiger partial charge is 0.493 e. The predicted octanol–water partition coefficient (Wildman–Crippen LogP) is 2.69. The zero-order chi connectivity index (χ0) is 10.6. The lowest BCUT2D eigenvalue weighted by Crippen LogP contribution is -2.30. The van der Waals surface area contributed by atoms with Crippen LogP contribution in [0.25, 0.3) is 0 Å². The summed E-state index contributed by atoms with van der Waals surface area (Å²) in [4.78, 5) is 4.25. The summed E-state index contributed by atoms with van der Waals surface area (Å²) >= 11 is 0. The fraction of sp³-hybridized carbons (Fsp3) is 0.545. The minimum atomic E-state index is 0.0433. The number of aromatic nitrogens is 1. The van der Waals surface area contributed by atoms with E-state index in [1.807, 2.05) is 12.1 Å². The van der Waals surface area contributed by atoms with Gasteiger partial charge in [0.1, 0.15) is 0 Å². The first kappa shape index (κ1) is 10.8. The SMILES string of the molecule is CCC(C)(C)Nc1ncccc1OC. The minimum Gasteiger partial charge on any atom is -0.493 e. The summed E-state index contributed by atoms with van der Waals surface area (Å²) in [5.74, 6) is 1.59. The highest BCUT2D eigenvalue weighted by Gasteiger charge is 2.16. The van der Waals surface area contributed by atoms with Crippen LogP contribution in [-0.2, 0) is 0 Å². The summed E-state index contributed by atoms with van der Waals surface area (Å²) in [5, 5.41) is 3.35. The lowest BCUT2D eigenvalue weighted by Gasteiger charge is -2.25. The molecule has 0 aliphatic heterocycles. The Labute approximate surface area is 85.5 Å². The van der Waals surface area contributed by atoms with E-state index in [-0.39, 0.29) is 5.54 Å². The van der Waals surface area contributed by atoms with E-state index in [1.165, 1.54) is 0 Å². The molecule has 0 atom stereocenters. The molecule has 14 heavy (non-hydrogen) atoms. The van der Waals surface area contributed by atoms with Gasteiger partial charge in [0, 0.05) is 11.7 Å². The van der Waals surface area contributed by atoms with E-state index < -0.39 is 0 Å². The van der Waals surface area contributed by atoms with E-state index in [0.717, 1.165) is 18.0 Å². The van der Waals surface area contributed by atoms with Gasteiger partial charge in [-0.25, -0.2) is 4.98 Å². The summed E-state index contributed by atoms with van der Waals surface area (Å²) in [6.45, 7) is 6.42. The molecule has 0 amide bonds. The van der Waals surface area contributed by atoms with Crippen molar-refractivity contribution in [1.29, 1.82) is 0 Å². The molecule has 78 valence electrons. The average molecular weight is 194 g/mol. The summed E-state index contributed by atoms with van der Waals surface area (Å²) in [5.41, 5.74) is 0.0433. The number of hydrogen-bond acceptors (Lipinski definition) is 3. The molecule has 0 spiro atoms. The Kier molecular flexibility index (Phi) is 3.33. The van der Waals surface area contributed by atoms with Gasteiger partial charge in [-0.05, 0) is 32.4 Å². The van der Waals surface area contributed by atoms with Crippen molar-refractivity contribution in [1.82, 2.24) is 4.98 Å². The Bertz CT molecular complexity index is 297. The van der Waals surface area contributed by atoms with E-state index in [2.05, 4.69) is 31.1 Å². The number of nitrogens with one attached hydrogen (secondary N) is 1. The van der Waals surface area contributed by atoms with Crippen LogP contribution in [0.15, 0.2) is 18.3 Å². The normalized spacial score (nSPS) is 11.1. The molecule has 1 aromatic heterocycles. The average Bonchev–Trinajstić information content (AvgIpc) is 2.18. The molecule has 0 aliphatic carbocycles. The van der Waals surface area contributed by atoms with Crippen molar-refractivity contribution in [2.75, 3.05) is 12.4 Å². The second-order valence-corrected chi connectivity index (χ2v) is 3.92.